The molecule has 1 aromatic heterocycles. The van der Waals surface area contributed by atoms with Crippen LogP contribution in [-0.2, 0) is 12.7 Å². The lowest BCUT2D eigenvalue weighted by Crippen LogP contribution is -2.14. The van der Waals surface area contributed by atoms with Crippen LogP contribution in [0.25, 0.3) is 0 Å². The Kier molecular flexibility index (Phi) is 5.43. The molecule has 1 N–H and O–H groups in total. The number of nitrogens with zero attached hydrogens (tertiary/aromatic N) is 2. The zero-order valence-corrected chi connectivity index (χ0v) is 15.1. The molecule has 140 valence electrons. The number of amides is 1. The van der Waals surface area contributed by atoms with Gasteiger partial charge < -0.3 is 5.32 Å². The van der Waals surface area contributed by atoms with Crippen LogP contribution in [0.5, 0.6) is 0 Å². The lowest BCUT2D eigenvalue weighted by molar-refractivity contribution is -0.137. The molecule has 2 aromatic carbocycles. The summed E-state index contributed by atoms with van der Waals surface area (Å²) in [7, 11) is 0. The first kappa shape index (κ1) is 19.3. The van der Waals surface area contributed by atoms with Crippen LogP contribution < -0.4 is 5.32 Å². The van der Waals surface area contributed by atoms with E-state index in [4.69, 9.17) is 23.2 Å². The molecule has 1 amide bonds. The topological polar surface area (TPSA) is 46.9 Å². The van der Waals surface area contributed by atoms with Crippen molar-refractivity contribution >= 4 is 34.9 Å². The lowest BCUT2D eigenvalue weighted by atomic mass is 10.1. The van der Waals surface area contributed by atoms with Gasteiger partial charge in [-0.1, -0.05) is 35.3 Å². The number of benzene rings is 2. The number of aromatic nitrogens is 2. The summed E-state index contributed by atoms with van der Waals surface area (Å²) in [5.41, 5.74) is -0.345. The van der Waals surface area contributed by atoms with Gasteiger partial charge in [-0.3, -0.25) is 9.48 Å². The largest absolute Gasteiger partial charge is 0.416 e. The maximum atomic E-state index is 12.8. The van der Waals surface area contributed by atoms with Crippen LogP contribution >= 0.6 is 23.2 Å². The summed E-state index contributed by atoms with van der Waals surface area (Å²) in [6.07, 6.45) is -2.92. The number of rotatable bonds is 4. The Balaban J connectivity index is 1.73. The minimum atomic E-state index is -4.52. The molecule has 0 spiro atoms. The second-order valence-corrected chi connectivity index (χ2v) is 6.45. The van der Waals surface area contributed by atoms with Gasteiger partial charge in [0.15, 0.2) is 5.82 Å². The minimum absolute atomic E-state index is 0.117. The van der Waals surface area contributed by atoms with Gasteiger partial charge in [-0.25, -0.2) is 0 Å². The van der Waals surface area contributed by atoms with Crippen molar-refractivity contribution in [1.82, 2.24) is 9.78 Å². The van der Waals surface area contributed by atoms with Crippen LogP contribution in [0.4, 0.5) is 19.0 Å². The first-order chi connectivity index (χ1) is 12.7. The molecule has 0 aliphatic carbocycles. The van der Waals surface area contributed by atoms with Crippen molar-refractivity contribution in [3.63, 3.8) is 0 Å². The number of nitrogens with one attached hydrogen (secondary N) is 1. The summed E-state index contributed by atoms with van der Waals surface area (Å²) in [5, 5.41) is 7.60. The molecule has 4 nitrogen and oxygen atoms in total. The van der Waals surface area contributed by atoms with Crippen LogP contribution in [0.1, 0.15) is 21.5 Å². The second-order valence-electron chi connectivity index (χ2n) is 5.63. The fourth-order valence-corrected chi connectivity index (χ4v) is 2.90. The third-order valence-corrected chi connectivity index (χ3v) is 4.42. The van der Waals surface area contributed by atoms with E-state index >= 15 is 0 Å². The number of anilines is 1. The van der Waals surface area contributed by atoms with Gasteiger partial charge >= 0.3 is 6.18 Å². The molecule has 3 rings (SSSR count). The normalized spacial score (nSPS) is 11.4. The second kappa shape index (κ2) is 7.62. The Bertz CT molecular complexity index is 966. The Morgan fingerprint density at radius 2 is 1.74 bits per heavy atom. The molecule has 0 aliphatic heterocycles. The smallest absolute Gasteiger partial charge is 0.305 e. The predicted octanol–water partition coefficient (Wildman–Crippen LogP) is 5.51. The van der Waals surface area contributed by atoms with E-state index in [1.54, 1.807) is 24.4 Å². The molecule has 9 heteroatoms. The first-order valence-electron chi connectivity index (χ1n) is 7.69. The third kappa shape index (κ3) is 4.61. The molecule has 0 radical (unpaired) electrons. The molecular formula is C18H12Cl2F3N3O. The number of hydrogen-bond acceptors (Lipinski definition) is 2. The highest BCUT2D eigenvalue weighted by molar-refractivity contribution is 6.35. The molecule has 0 fully saturated rings. The van der Waals surface area contributed by atoms with E-state index in [0.29, 0.717) is 15.6 Å². The summed E-state index contributed by atoms with van der Waals surface area (Å²) in [4.78, 5) is 12.2. The summed E-state index contributed by atoms with van der Waals surface area (Å²) in [6, 6.07) is 10.8. The molecule has 1 heterocycles. The van der Waals surface area contributed by atoms with E-state index in [2.05, 4.69) is 10.4 Å². The van der Waals surface area contributed by atoms with Crippen molar-refractivity contribution in [2.24, 2.45) is 0 Å². The molecular weight excluding hydrogens is 402 g/mol. The maximum Gasteiger partial charge on any atom is 0.416 e. The summed E-state index contributed by atoms with van der Waals surface area (Å²) in [6.45, 7) is 0.276. The van der Waals surface area contributed by atoms with Crippen molar-refractivity contribution < 1.29 is 18.0 Å². The molecule has 27 heavy (non-hydrogen) atoms. The predicted molar refractivity (Wildman–Crippen MR) is 97.2 cm³/mol. The average Bonchev–Trinajstić information content (AvgIpc) is 3.05. The SMILES string of the molecule is O=C(Nc1ccn(Cc2c(Cl)cccc2Cl)n1)c1cccc(C(F)(F)F)c1. The van der Waals surface area contributed by atoms with Gasteiger partial charge in [0.2, 0.25) is 0 Å². The zero-order chi connectivity index (χ0) is 19.6. The number of alkyl halides is 3. The molecule has 3 aromatic rings. The lowest BCUT2D eigenvalue weighted by Gasteiger charge is -2.08. The highest BCUT2D eigenvalue weighted by Crippen LogP contribution is 2.29. The van der Waals surface area contributed by atoms with Crippen molar-refractivity contribution in [1.29, 1.82) is 0 Å². The van der Waals surface area contributed by atoms with Crippen molar-refractivity contribution in [3.8, 4) is 0 Å². The van der Waals surface area contributed by atoms with E-state index in [1.165, 1.54) is 22.9 Å². The van der Waals surface area contributed by atoms with Crippen LogP contribution in [0.2, 0.25) is 10.0 Å². The summed E-state index contributed by atoms with van der Waals surface area (Å²) >= 11 is 12.2. The van der Waals surface area contributed by atoms with E-state index in [1.807, 2.05) is 0 Å². The Hall–Kier alpha value is -2.51. The van der Waals surface area contributed by atoms with Crippen LogP contribution in [-0.4, -0.2) is 15.7 Å². The van der Waals surface area contributed by atoms with Gasteiger partial charge in [0.05, 0.1) is 12.1 Å². The fourth-order valence-electron chi connectivity index (χ4n) is 2.39. The maximum absolute atomic E-state index is 12.8. The highest BCUT2D eigenvalue weighted by atomic mass is 35.5. The standard InChI is InChI=1S/C18H12Cl2F3N3O/c19-14-5-2-6-15(20)13(14)10-26-8-7-16(25-26)24-17(27)11-3-1-4-12(9-11)18(21,22)23/h1-9H,10H2,(H,24,25,27). The van der Waals surface area contributed by atoms with Gasteiger partial charge in [0, 0.05) is 33.4 Å². The average molecular weight is 414 g/mol. The van der Waals surface area contributed by atoms with E-state index < -0.39 is 17.6 Å². The van der Waals surface area contributed by atoms with Gasteiger partial charge in [0.1, 0.15) is 0 Å². The summed E-state index contributed by atoms with van der Waals surface area (Å²) in [5.74, 6) is -0.497. The third-order valence-electron chi connectivity index (χ3n) is 3.72. The van der Waals surface area contributed by atoms with E-state index in [-0.39, 0.29) is 17.9 Å². The summed E-state index contributed by atoms with van der Waals surface area (Å²) < 4.78 is 39.8. The molecule has 0 saturated carbocycles. The molecule has 0 saturated heterocycles. The van der Waals surface area contributed by atoms with Crippen molar-refractivity contribution in [2.45, 2.75) is 12.7 Å². The van der Waals surface area contributed by atoms with Crippen LogP contribution in [0.15, 0.2) is 54.7 Å². The minimum Gasteiger partial charge on any atom is -0.305 e. The van der Waals surface area contributed by atoms with Crippen molar-refractivity contribution in [2.75, 3.05) is 5.32 Å². The zero-order valence-electron chi connectivity index (χ0n) is 13.6. The van der Waals surface area contributed by atoms with Crippen molar-refractivity contribution in [3.05, 3.63) is 81.5 Å². The molecule has 0 bridgehead atoms. The van der Waals surface area contributed by atoms with E-state index in [0.717, 1.165) is 12.1 Å². The fraction of sp³-hybridized carbons (Fsp3) is 0.111. The molecule has 0 unspecified atom stereocenters. The van der Waals surface area contributed by atoms with Crippen LogP contribution in [0.3, 0.4) is 0 Å². The Labute approximate surface area is 162 Å². The highest BCUT2D eigenvalue weighted by Gasteiger charge is 2.30. The number of halogens is 5. The van der Waals surface area contributed by atoms with Gasteiger partial charge in [-0.2, -0.15) is 18.3 Å². The molecule has 0 aliphatic rings. The Morgan fingerprint density at radius 1 is 1.07 bits per heavy atom. The van der Waals surface area contributed by atoms with E-state index in [9.17, 15) is 18.0 Å². The Morgan fingerprint density at radius 3 is 2.41 bits per heavy atom. The van der Waals surface area contributed by atoms with Gasteiger partial charge in [-0.05, 0) is 30.3 Å². The molecule has 0 atom stereocenters. The monoisotopic (exact) mass is 413 g/mol. The first-order valence-corrected chi connectivity index (χ1v) is 8.44. The quantitative estimate of drug-likeness (QED) is 0.612. The number of carbonyl (C=O) groups excluding carboxylic acids is 1. The number of carbonyl (C=O) groups is 1. The number of hydrogen-bond donors (Lipinski definition) is 1. The van der Waals surface area contributed by atoms with Crippen LogP contribution in [0, 0.1) is 0 Å². The van der Waals surface area contributed by atoms with Gasteiger partial charge in [-0.15, -0.1) is 0 Å². The van der Waals surface area contributed by atoms with Gasteiger partial charge in [0.25, 0.3) is 5.91 Å².